The van der Waals surface area contributed by atoms with E-state index in [1.165, 1.54) is 49.8 Å². The van der Waals surface area contributed by atoms with Gasteiger partial charge in [0.25, 0.3) is 0 Å². The minimum absolute atomic E-state index is 1.36. The fourth-order valence-electron chi connectivity index (χ4n) is 1.90. The molecule has 17 heavy (non-hydrogen) atoms. The van der Waals surface area contributed by atoms with Crippen LogP contribution in [-0.4, -0.2) is 49.8 Å². The molecule has 0 aliphatic carbocycles. The molecule has 0 aliphatic rings. The van der Waals surface area contributed by atoms with Crippen molar-refractivity contribution in [3.63, 3.8) is 0 Å². The summed E-state index contributed by atoms with van der Waals surface area (Å²) in [6, 6.07) is 0. The van der Waals surface area contributed by atoms with Crippen LogP contribution in [-0.2, 0) is 49.6 Å². The molecule has 0 unspecified atom stereocenters. The first-order chi connectivity index (χ1) is 7.81. The van der Waals surface area contributed by atoms with E-state index in [1.807, 2.05) is 0 Å². The summed E-state index contributed by atoms with van der Waals surface area (Å²) < 4.78 is 37.9. The summed E-state index contributed by atoms with van der Waals surface area (Å²) in [5.74, 6) is 0. The molecule has 0 aromatic carbocycles. The van der Waals surface area contributed by atoms with E-state index < -0.39 is 29.9 Å². The van der Waals surface area contributed by atoms with Crippen molar-refractivity contribution < 1.29 is 49.6 Å². The summed E-state index contributed by atoms with van der Waals surface area (Å²) in [6.45, 7) is 0. The summed E-state index contributed by atoms with van der Waals surface area (Å²) in [5, 5.41) is 0. The van der Waals surface area contributed by atoms with Crippen LogP contribution in [0, 0.1) is 0 Å². The predicted octanol–water partition coefficient (Wildman–Crippen LogP) is 1.36. The van der Waals surface area contributed by atoms with Gasteiger partial charge >= 0.3 is 108 Å². The van der Waals surface area contributed by atoms with Gasteiger partial charge < -0.3 is 0 Å². The topological polar surface area (TPSA) is 64.6 Å². The van der Waals surface area contributed by atoms with Gasteiger partial charge in [0.2, 0.25) is 0 Å². The molecule has 0 saturated heterocycles. The van der Waals surface area contributed by atoms with Crippen LogP contribution in [0.5, 0.6) is 0 Å². The van der Waals surface area contributed by atoms with Gasteiger partial charge in [-0.25, -0.2) is 0 Å². The summed E-state index contributed by atoms with van der Waals surface area (Å²) in [5.41, 5.74) is 0. The van der Waals surface area contributed by atoms with E-state index >= 15 is 0 Å². The Bertz CT molecular complexity index is 234. The maximum atomic E-state index is 6.57. The molecule has 0 radical (unpaired) electrons. The van der Waals surface area contributed by atoms with E-state index in [0.29, 0.717) is 0 Å². The van der Waals surface area contributed by atoms with Crippen LogP contribution in [0.25, 0.3) is 0 Å². The molecule has 0 aromatic rings. The van der Waals surface area contributed by atoms with Gasteiger partial charge in [-0.05, 0) is 0 Å². The monoisotopic (exact) mass is 432 g/mol. The number of rotatable bonds is 8. The van der Waals surface area contributed by atoms with Crippen LogP contribution in [0.1, 0.15) is 0 Å². The second kappa shape index (κ2) is 6.04. The summed E-state index contributed by atoms with van der Waals surface area (Å²) in [4.78, 5) is 0. The third-order valence-electron chi connectivity index (χ3n) is 3.10. The Morgan fingerprint density at radius 3 is 0.824 bits per heavy atom. The second-order valence-electron chi connectivity index (χ2n) is 3.22. The first-order valence-corrected chi connectivity index (χ1v) is 23.4. The SMILES string of the molecule is C[O][Zr]([Cl])([O]C)([O]C)[Zr]([O]C)([O]C)([O]C)[O]C. The molecule has 0 spiro atoms. The van der Waals surface area contributed by atoms with Crippen molar-refractivity contribution in [3.8, 4) is 0 Å². The van der Waals surface area contributed by atoms with Crippen molar-refractivity contribution in [2.75, 3.05) is 49.8 Å². The van der Waals surface area contributed by atoms with Crippen molar-refractivity contribution in [3.05, 3.63) is 0 Å². The van der Waals surface area contributed by atoms with Crippen molar-refractivity contribution in [1.29, 1.82) is 0 Å². The first kappa shape index (κ1) is 18.8. The Hall–Kier alpha value is 1.78. The normalized spacial score (nSPS) is 18.1. The molecule has 0 N–H and O–H groups in total. The zero-order valence-corrected chi connectivity index (χ0v) is 16.9. The molecular formula is C7H21ClO7Zr2. The van der Waals surface area contributed by atoms with Crippen LogP contribution < -0.4 is 0 Å². The number of hydrogen-bond acceptors (Lipinski definition) is 7. The molecule has 0 aromatic heterocycles. The fourth-order valence-corrected chi connectivity index (χ4v) is 55.6. The van der Waals surface area contributed by atoms with Crippen LogP contribution >= 0.6 is 8.51 Å². The molecule has 106 valence electrons. The third kappa shape index (κ3) is 2.11. The van der Waals surface area contributed by atoms with Crippen LogP contribution in [0.3, 0.4) is 0 Å². The van der Waals surface area contributed by atoms with Gasteiger partial charge in [-0.2, -0.15) is 0 Å². The molecule has 0 rings (SSSR count). The second-order valence-corrected chi connectivity index (χ2v) is 51.9. The van der Waals surface area contributed by atoms with Gasteiger partial charge in [-0.1, -0.05) is 0 Å². The maximum absolute atomic E-state index is 6.57. The summed E-state index contributed by atoms with van der Waals surface area (Å²) >= 11 is -10.8. The third-order valence-corrected chi connectivity index (χ3v) is 71.7. The molecule has 0 heterocycles. The molecule has 0 amide bonds. The molecule has 0 fully saturated rings. The Labute approximate surface area is 107 Å². The van der Waals surface area contributed by atoms with Crippen LogP contribution in [0.15, 0.2) is 0 Å². The quantitative estimate of drug-likeness (QED) is 0.571. The fraction of sp³-hybridized carbons (Fsp3) is 1.00. The van der Waals surface area contributed by atoms with Gasteiger partial charge in [0.1, 0.15) is 0 Å². The molecule has 0 aliphatic heterocycles. The Balaban J connectivity index is 6.25. The minimum atomic E-state index is -5.38. The van der Waals surface area contributed by atoms with Crippen LogP contribution in [0.4, 0.5) is 0 Å². The predicted molar refractivity (Wildman–Crippen MR) is 54.9 cm³/mol. The van der Waals surface area contributed by atoms with Gasteiger partial charge in [0.15, 0.2) is 0 Å². The van der Waals surface area contributed by atoms with E-state index in [-0.39, 0.29) is 0 Å². The zero-order valence-electron chi connectivity index (χ0n) is 11.2. The molecule has 0 bridgehead atoms. The van der Waals surface area contributed by atoms with Gasteiger partial charge in [-0.3, -0.25) is 0 Å². The Morgan fingerprint density at radius 2 is 0.765 bits per heavy atom. The number of hydrogen-bond donors (Lipinski definition) is 0. The van der Waals surface area contributed by atoms with E-state index in [0.717, 1.165) is 0 Å². The van der Waals surface area contributed by atoms with E-state index in [4.69, 9.17) is 28.2 Å². The molecule has 0 atom stereocenters. The van der Waals surface area contributed by atoms with Gasteiger partial charge in [-0.15, -0.1) is 0 Å². The van der Waals surface area contributed by atoms with E-state index in [2.05, 4.69) is 0 Å². The molecular weight excluding hydrogens is 414 g/mol. The standard InChI is InChI=1S/7CH3O.ClH.2Zr/c7*1-2;;;/h7*1H3;1H;;/q7*-1;;2*+4/p-1. The summed E-state index contributed by atoms with van der Waals surface area (Å²) in [7, 11) is 16.1. The van der Waals surface area contributed by atoms with Crippen molar-refractivity contribution in [1.82, 2.24) is 0 Å². The van der Waals surface area contributed by atoms with Gasteiger partial charge in [0.05, 0.1) is 0 Å². The van der Waals surface area contributed by atoms with Crippen molar-refractivity contribution >= 4 is 8.51 Å². The van der Waals surface area contributed by atoms with Crippen LogP contribution in [0.2, 0.25) is 0 Å². The molecule has 0 saturated carbocycles. The number of halogens is 1. The molecule has 7 nitrogen and oxygen atoms in total. The Kier molecular flexibility index (Phi) is 6.67. The molecule has 10 heteroatoms. The zero-order chi connectivity index (χ0) is 13.8. The first-order valence-electron chi connectivity index (χ1n) is 4.73. The van der Waals surface area contributed by atoms with E-state index in [9.17, 15) is 0 Å². The average molecular weight is 435 g/mol. The van der Waals surface area contributed by atoms with Crippen molar-refractivity contribution in [2.45, 2.75) is 0 Å². The average Bonchev–Trinajstić information content (AvgIpc) is 2.42. The van der Waals surface area contributed by atoms with Crippen molar-refractivity contribution in [2.24, 2.45) is 0 Å². The summed E-state index contributed by atoms with van der Waals surface area (Å²) in [6.07, 6.45) is 0. The van der Waals surface area contributed by atoms with Gasteiger partial charge in [0, 0.05) is 0 Å². The van der Waals surface area contributed by atoms with E-state index in [1.54, 1.807) is 0 Å². The Morgan fingerprint density at radius 1 is 0.529 bits per heavy atom.